The van der Waals surface area contributed by atoms with Crippen LogP contribution in [0.15, 0.2) is 18.2 Å². The van der Waals surface area contributed by atoms with Crippen molar-refractivity contribution in [3.05, 3.63) is 29.3 Å². The van der Waals surface area contributed by atoms with E-state index in [1.54, 1.807) is 0 Å². The Hall–Kier alpha value is -2.12. The van der Waals surface area contributed by atoms with E-state index in [9.17, 15) is 19.8 Å². The predicted molar refractivity (Wildman–Crippen MR) is 62.6 cm³/mol. The summed E-state index contributed by atoms with van der Waals surface area (Å²) in [6, 6.07) is 4.12. The summed E-state index contributed by atoms with van der Waals surface area (Å²) in [5, 5.41) is 28.4. The number of aliphatic hydroxyl groups excluding tert-OH is 2. The summed E-state index contributed by atoms with van der Waals surface area (Å²) in [7, 11) is 0. The van der Waals surface area contributed by atoms with Gasteiger partial charge in [-0.2, -0.15) is 0 Å². The van der Waals surface area contributed by atoms with Gasteiger partial charge in [0.15, 0.2) is 0 Å². The highest BCUT2D eigenvalue weighted by molar-refractivity contribution is 5.95. The summed E-state index contributed by atoms with van der Waals surface area (Å²) in [4.78, 5) is 21.7. The number of aromatic carboxylic acids is 1. The minimum Gasteiger partial charge on any atom is -0.478 e. The maximum absolute atomic E-state index is 11.0. The largest absolute Gasteiger partial charge is 0.478 e. The molecular formula is C11H14N2O5. The normalized spacial score (nSPS) is 13.9. The fraction of sp³-hybridized carbons (Fsp3) is 0.273. The van der Waals surface area contributed by atoms with Crippen molar-refractivity contribution in [2.75, 3.05) is 5.73 Å². The molecular weight excluding hydrogens is 240 g/mol. The molecule has 0 fully saturated rings. The number of rotatable bonds is 5. The Kier molecular flexibility index (Phi) is 4.24. The fourth-order valence-electron chi connectivity index (χ4n) is 1.61. The van der Waals surface area contributed by atoms with E-state index in [2.05, 4.69) is 0 Å². The average molecular weight is 254 g/mol. The van der Waals surface area contributed by atoms with Gasteiger partial charge in [-0.15, -0.1) is 0 Å². The minimum atomic E-state index is -1.55. The molecule has 18 heavy (non-hydrogen) atoms. The lowest BCUT2D eigenvalue weighted by Crippen LogP contribution is -2.27. The lowest BCUT2D eigenvalue weighted by Gasteiger charge is -2.19. The minimum absolute atomic E-state index is 0.0367. The number of carboxylic acid groups (broad SMARTS) is 1. The number of nitrogens with two attached hydrogens (primary N) is 2. The van der Waals surface area contributed by atoms with Crippen LogP contribution in [-0.4, -0.2) is 33.3 Å². The smallest absolute Gasteiger partial charge is 0.338 e. The van der Waals surface area contributed by atoms with E-state index in [4.69, 9.17) is 16.6 Å². The summed E-state index contributed by atoms with van der Waals surface area (Å²) < 4.78 is 0. The molecule has 0 bridgehead atoms. The van der Waals surface area contributed by atoms with Gasteiger partial charge in [0.2, 0.25) is 5.91 Å². The third-order valence-electron chi connectivity index (χ3n) is 2.44. The van der Waals surface area contributed by atoms with Gasteiger partial charge in [-0.3, -0.25) is 4.79 Å². The molecule has 0 heterocycles. The SMILES string of the molecule is NC(=O)CC(O)C(O)c1cccc(N)c1C(=O)O. The number of carbonyl (C=O) groups excluding carboxylic acids is 1. The molecule has 0 aliphatic heterocycles. The van der Waals surface area contributed by atoms with E-state index in [0.29, 0.717) is 0 Å². The summed E-state index contributed by atoms with van der Waals surface area (Å²) in [6.45, 7) is 0. The number of nitrogen functional groups attached to an aromatic ring is 1. The lowest BCUT2D eigenvalue weighted by molar-refractivity contribution is -0.121. The zero-order valence-electron chi connectivity index (χ0n) is 9.41. The monoisotopic (exact) mass is 254 g/mol. The van der Waals surface area contributed by atoms with E-state index >= 15 is 0 Å². The third-order valence-corrected chi connectivity index (χ3v) is 2.44. The van der Waals surface area contributed by atoms with Crippen LogP contribution in [0, 0.1) is 0 Å². The molecule has 0 aliphatic carbocycles. The Bertz CT molecular complexity index is 475. The van der Waals surface area contributed by atoms with Crippen LogP contribution in [0.3, 0.4) is 0 Å². The Labute approximate surface area is 103 Å². The first kappa shape index (κ1) is 13.9. The van der Waals surface area contributed by atoms with Crippen LogP contribution in [0.4, 0.5) is 5.69 Å². The second-order valence-corrected chi connectivity index (χ2v) is 3.80. The number of benzene rings is 1. The predicted octanol–water partition coefficient (Wildman–Crippen LogP) is -0.763. The van der Waals surface area contributed by atoms with Crippen LogP contribution in [0.2, 0.25) is 0 Å². The number of anilines is 1. The lowest BCUT2D eigenvalue weighted by atomic mass is 9.96. The third kappa shape index (κ3) is 2.96. The molecule has 7 nitrogen and oxygen atoms in total. The highest BCUT2D eigenvalue weighted by Crippen LogP contribution is 2.26. The number of carboxylic acids is 1. The Morgan fingerprint density at radius 3 is 2.39 bits per heavy atom. The number of primary amides is 1. The molecule has 0 saturated carbocycles. The summed E-state index contributed by atoms with van der Waals surface area (Å²) in [5.74, 6) is -2.13. The molecule has 1 amide bonds. The van der Waals surface area contributed by atoms with Crippen molar-refractivity contribution in [1.82, 2.24) is 0 Å². The van der Waals surface area contributed by atoms with E-state index < -0.39 is 30.5 Å². The van der Waals surface area contributed by atoms with Crippen molar-refractivity contribution in [2.45, 2.75) is 18.6 Å². The number of hydrogen-bond acceptors (Lipinski definition) is 5. The number of hydrogen-bond donors (Lipinski definition) is 5. The van der Waals surface area contributed by atoms with Gasteiger partial charge >= 0.3 is 5.97 Å². The van der Waals surface area contributed by atoms with E-state index in [1.807, 2.05) is 0 Å². The Morgan fingerprint density at radius 2 is 1.89 bits per heavy atom. The second-order valence-electron chi connectivity index (χ2n) is 3.80. The van der Waals surface area contributed by atoms with E-state index in [1.165, 1.54) is 18.2 Å². The number of carbonyl (C=O) groups is 2. The van der Waals surface area contributed by atoms with Crippen molar-refractivity contribution in [3.8, 4) is 0 Å². The van der Waals surface area contributed by atoms with Gasteiger partial charge in [0.05, 0.1) is 18.1 Å². The first-order valence-corrected chi connectivity index (χ1v) is 5.10. The van der Waals surface area contributed by atoms with Crippen molar-refractivity contribution < 1.29 is 24.9 Å². The number of aliphatic hydroxyl groups is 2. The summed E-state index contributed by atoms with van der Waals surface area (Å²) in [6.07, 6.45) is -3.51. The molecule has 0 aliphatic rings. The summed E-state index contributed by atoms with van der Waals surface area (Å²) >= 11 is 0. The Balaban J connectivity index is 3.12. The van der Waals surface area contributed by atoms with Crippen LogP contribution in [0.1, 0.15) is 28.4 Å². The van der Waals surface area contributed by atoms with E-state index in [-0.39, 0.29) is 16.8 Å². The first-order valence-electron chi connectivity index (χ1n) is 5.10. The Morgan fingerprint density at radius 1 is 1.28 bits per heavy atom. The number of amides is 1. The molecule has 0 spiro atoms. The molecule has 1 rings (SSSR count). The van der Waals surface area contributed by atoms with Crippen LogP contribution in [-0.2, 0) is 4.79 Å². The summed E-state index contributed by atoms with van der Waals surface area (Å²) in [5.41, 5.74) is 9.99. The molecule has 0 aromatic heterocycles. The average Bonchev–Trinajstić information content (AvgIpc) is 2.26. The van der Waals surface area contributed by atoms with Crippen LogP contribution < -0.4 is 11.5 Å². The molecule has 7 heteroatoms. The highest BCUT2D eigenvalue weighted by Gasteiger charge is 2.26. The van der Waals surface area contributed by atoms with Gasteiger partial charge < -0.3 is 26.8 Å². The van der Waals surface area contributed by atoms with Crippen molar-refractivity contribution in [1.29, 1.82) is 0 Å². The quantitative estimate of drug-likeness (QED) is 0.436. The maximum atomic E-state index is 11.0. The molecule has 0 radical (unpaired) electrons. The zero-order valence-corrected chi connectivity index (χ0v) is 9.41. The second kappa shape index (κ2) is 5.48. The zero-order chi connectivity index (χ0) is 13.9. The van der Waals surface area contributed by atoms with Crippen molar-refractivity contribution >= 4 is 17.6 Å². The van der Waals surface area contributed by atoms with Crippen molar-refractivity contribution in [2.24, 2.45) is 5.73 Å². The van der Waals surface area contributed by atoms with Gasteiger partial charge in [0.25, 0.3) is 0 Å². The van der Waals surface area contributed by atoms with Gasteiger partial charge in [-0.1, -0.05) is 12.1 Å². The van der Waals surface area contributed by atoms with E-state index in [0.717, 1.165) is 0 Å². The topological polar surface area (TPSA) is 147 Å². The maximum Gasteiger partial charge on any atom is 0.338 e. The molecule has 2 atom stereocenters. The molecule has 2 unspecified atom stereocenters. The molecule has 7 N–H and O–H groups in total. The fourth-order valence-corrected chi connectivity index (χ4v) is 1.61. The molecule has 0 saturated heterocycles. The van der Waals surface area contributed by atoms with Gasteiger partial charge in [0, 0.05) is 5.69 Å². The standard InChI is InChI=1S/C11H14N2O5/c12-6-3-1-2-5(9(6)11(17)18)10(16)7(14)4-8(13)15/h1-3,7,10,14,16H,4,12H2,(H2,13,15)(H,17,18). The highest BCUT2D eigenvalue weighted by atomic mass is 16.4. The van der Waals surface area contributed by atoms with Crippen LogP contribution in [0.5, 0.6) is 0 Å². The van der Waals surface area contributed by atoms with Crippen LogP contribution >= 0.6 is 0 Å². The van der Waals surface area contributed by atoms with Gasteiger partial charge in [-0.05, 0) is 11.6 Å². The van der Waals surface area contributed by atoms with Crippen molar-refractivity contribution in [3.63, 3.8) is 0 Å². The molecule has 98 valence electrons. The van der Waals surface area contributed by atoms with Gasteiger partial charge in [-0.25, -0.2) is 4.79 Å². The molecule has 1 aromatic carbocycles. The molecule has 1 aromatic rings. The van der Waals surface area contributed by atoms with Crippen LogP contribution in [0.25, 0.3) is 0 Å². The first-order chi connectivity index (χ1) is 8.34. The van der Waals surface area contributed by atoms with Gasteiger partial charge in [0.1, 0.15) is 6.10 Å².